The Morgan fingerprint density at radius 3 is 2.44 bits per heavy atom. The van der Waals surface area contributed by atoms with Gasteiger partial charge in [-0.2, -0.15) is 0 Å². The number of aldehydes is 1. The van der Waals surface area contributed by atoms with Crippen LogP contribution in [0.3, 0.4) is 0 Å². The van der Waals surface area contributed by atoms with E-state index in [0.717, 1.165) is 0 Å². The third-order valence-electron chi connectivity index (χ3n) is 1.08. The molecule has 0 aliphatic carbocycles. The van der Waals surface area contributed by atoms with Gasteiger partial charge in [0.05, 0.1) is 0 Å². The lowest BCUT2D eigenvalue weighted by Crippen LogP contribution is -1.95. The normalized spacial score (nSPS) is 11.1. The van der Waals surface area contributed by atoms with E-state index in [2.05, 4.69) is 0 Å². The molecule has 0 aliphatic rings. The maximum Gasteiger partial charge on any atom is 0.158 e. The second kappa shape index (κ2) is 4.01. The fourth-order valence-corrected chi connectivity index (χ4v) is 0.474. The molecule has 0 unspecified atom stereocenters. The number of carbonyl (C=O) groups is 2. The minimum Gasteiger partial charge on any atom is -0.299 e. The SMILES string of the molecule is CCC(=O)C(C)=CC=O. The summed E-state index contributed by atoms with van der Waals surface area (Å²) >= 11 is 0. The molecule has 0 fully saturated rings. The lowest BCUT2D eigenvalue weighted by atomic mass is 10.1. The molecule has 2 heteroatoms. The molecule has 0 amide bonds. The van der Waals surface area contributed by atoms with E-state index >= 15 is 0 Å². The molecule has 0 radical (unpaired) electrons. The van der Waals surface area contributed by atoms with Crippen LogP contribution < -0.4 is 0 Å². The minimum atomic E-state index is 0.0297. The van der Waals surface area contributed by atoms with E-state index in [4.69, 9.17) is 0 Å². The third kappa shape index (κ3) is 2.80. The Bertz CT molecular complexity index is 145. The van der Waals surface area contributed by atoms with Gasteiger partial charge in [0.2, 0.25) is 0 Å². The van der Waals surface area contributed by atoms with E-state index in [-0.39, 0.29) is 5.78 Å². The van der Waals surface area contributed by atoms with Crippen molar-refractivity contribution in [1.82, 2.24) is 0 Å². The molecule has 0 aromatic heterocycles. The Labute approximate surface area is 54.6 Å². The van der Waals surface area contributed by atoms with E-state index in [1.54, 1.807) is 13.8 Å². The van der Waals surface area contributed by atoms with Crippen molar-refractivity contribution in [3.8, 4) is 0 Å². The topological polar surface area (TPSA) is 34.1 Å². The third-order valence-corrected chi connectivity index (χ3v) is 1.08. The molecule has 0 spiro atoms. The molecular weight excluding hydrogens is 116 g/mol. The summed E-state index contributed by atoms with van der Waals surface area (Å²) in [5.41, 5.74) is 0.535. The highest BCUT2D eigenvalue weighted by molar-refractivity contribution is 5.97. The molecule has 0 aromatic carbocycles. The van der Waals surface area contributed by atoms with E-state index in [1.807, 2.05) is 0 Å². The van der Waals surface area contributed by atoms with Crippen LogP contribution in [0.15, 0.2) is 11.6 Å². The summed E-state index contributed by atoms with van der Waals surface area (Å²) in [7, 11) is 0. The Morgan fingerprint density at radius 2 is 2.11 bits per heavy atom. The van der Waals surface area contributed by atoms with Gasteiger partial charge in [-0.15, -0.1) is 0 Å². The molecule has 0 aliphatic heterocycles. The maximum atomic E-state index is 10.7. The zero-order valence-corrected chi connectivity index (χ0v) is 5.68. The molecule has 0 rings (SSSR count). The average Bonchev–Trinajstić information content (AvgIpc) is 1.87. The van der Waals surface area contributed by atoms with Crippen LogP contribution in [0, 0.1) is 0 Å². The molecule has 0 saturated heterocycles. The number of allylic oxidation sites excluding steroid dienone is 2. The van der Waals surface area contributed by atoms with Gasteiger partial charge in [-0.25, -0.2) is 0 Å². The molecule has 0 atom stereocenters. The molecule has 0 aromatic rings. The molecule has 0 saturated carbocycles. The van der Waals surface area contributed by atoms with Crippen LogP contribution in [0.5, 0.6) is 0 Å². The first kappa shape index (κ1) is 8.08. The molecule has 50 valence electrons. The molecule has 0 N–H and O–H groups in total. The Morgan fingerprint density at radius 1 is 1.56 bits per heavy atom. The molecule has 0 bridgehead atoms. The van der Waals surface area contributed by atoms with Gasteiger partial charge in [0.25, 0.3) is 0 Å². The first-order chi connectivity index (χ1) is 4.22. The van der Waals surface area contributed by atoms with Gasteiger partial charge >= 0.3 is 0 Å². The highest BCUT2D eigenvalue weighted by Gasteiger charge is 1.97. The summed E-state index contributed by atoms with van der Waals surface area (Å²) in [6, 6.07) is 0. The van der Waals surface area contributed by atoms with Crippen LogP contribution >= 0.6 is 0 Å². The van der Waals surface area contributed by atoms with Gasteiger partial charge in [-0.3, -0.25) is 9.59 Å². The summed E-state index contributed by atoms with van der Waals surface area (Å²) in [6.45, 7) is 3.41. The monoisotopic (exact) mass is 126 g/mol. The van der Waals surface area contributed by atoms with Crippen LogP contribution in [-0.4, -0.2) is 12.1 Å². The Kier molecular flexibility index (Phi) is 3.60. The second-order valence-electron chi connectivity index (χ2n) is 1.76. The Balaban J connectivity index is 4.01. The van der Waals surface area contributed by atoms with Crippen LogP contribution in [0.25, 0.3) is 0 Å². The van der Waals surface area contributed by atoms with Gasteiger partial charge < -0.3 is 0 Å². The van der Waals surface area contributed by atoms with Crippen LogP contribution in [0.2, 0.25) is 0 Å². The average molecular weight is 126 g/mol. The second-order valence-corrected chi connectivity index (χ2v) is 1.76. The van der Waals surface area contributed by atoms with Gasteiger partial charge in [-0.1, -0.05) is 6.92 Å². The molecule has 0 heterocycles. The van der Waals surface area contributed by atoms with Crippen LogP contribution in [0.1, 0.15) is 20.3 Å². The number of rotatable bonds is 3. The quantitative estimate of drug-likeness (QED) is 0.419. The predicted octanol–water partition coefficient (Wildman–Crippen LogP) is 1.11. The molecular formula is C7H10O2. The van der Waals surface area contributed by atoms with Crippen molar-refractivity contribution in [2.24, 2.45) is 0 Å². The molecule has 2 nitrogen and oxygen atoms in total. The van der Waals surface area contributed by atoms with Crippen LogP contribution in [-0.2, 0) is 9.59 Å². The summed E-state index contributed by atoms with van der Waals surface area (Å²) in [6.07, 6.45) is 2.38. The van der Waals surface area contributed by atoms with E-state index in [0.29, 0.717) is 18.3 Å². The first-order valence-electron chi connectivity index (χ1n) is 2.87. The smallest absolute Gasteiger partial charge is 0.158 e. The lowest BCUT2D eigenvalue weighted by Gasteiger charge is -1.90. The zero-order valence-electron chi connectivity index (χ0n) is 5.68. The standard InChI is InChI=1S/C7H10O2/c1-3-7(9)6(2)4-5-8/h4-5H,3H2,1-2H3. The highest BCUT2D eigenvalue weighted by Crippen LogP contribution is 1.95. The van der Waals surface area contributed by atoms with Crippen molar-refractivity contribution in [1.29, 1.82) is 0 Å². The molecule has 9 heavy (non-hydrogen) atoms. The first-order valence-corrected chi connectivity index (χ1v) is 2.87. The number of ketones is 1. The zero-order chi connectivity index (χ0) is 7.28. The number of carbonyl (C=O) groups excluding carboxylic acids is 2. The van der Waals surface area contributed by atoms with E-state index < -0.39 is 0 Å². The van der Waals surface area contributed by atoms with Crippen molar-refractivity contribution in [3.63, 3.8) is 0 Å². The summed E-state index contributed by atoms with van der Waals surface area (Å²) in [4.78, 5) is 20.5. The maximum absolute atomic E-state index is 10.7. The highest BCUT2D eigenvalue weighted by atomic mass is 16.1. The Hall–Kier alpha value is -0.920. The lowest BCUT2D eigenvalue weighted by molar-refractivity contribution is -0.115. The van der Waals surface area contributed by atoms with E-state index in [9.17, 15) is 9.59 Å². The van der Waals surface area contributed by atoms with Gasteiger partial charge in [0, 0.05) is 6.42 Å². The summed E-state index contributed by atoms with van der Waals surface area (Å²) in [5.74, 6) is 0.0297. The van der Waals surface area contributed by atoms with Crippen molar-refractivity contribution < 1.29 is 9.59 Å². The number of hydrogen-bond donors (Lipinski definition) is 0. The fourth-order valence-electron chi connectivity index (χ4n) is 0.474. The van der Waals surface area contributed by atoms with Gasteiger partial charge in [-0.05, 0) is 18.6 Å². The van der Waals surface area contributed by atoms with Gasteiger partial charge in [0.1, 0.15) is 6.29 Å². The van der Waals surface area contributed by atoms with Crippen molar-refractivity contribution in [2.45, 2.75) is 20.3 Å². The van der Waals surface area contributed by atoms with E-state index in [1.165, 1.54) is 6.08 Å². The summed E-state index contributed by atoms with van der Waals surface area (Å²) in [5, 5.41) is 0. The minimum absolute atomic E-state index is 0.0297. The number of hydrogen-bond acceptors (Lipinski definition) is 2. The van der Waals surface area contributed by atoms with Crippen molar-refractivity contribution in [3.05, 3.63) is 11.6 Å². The van der Waals surface area contributed by atoms with Gasteiger partial charge in [0.15, 0.2) is 5.78 Å². The van der Waals surface area contributed by atoms with Crippen molar-refractivity contribution in [2.75, 3.05) is 0 Å². The predicted molar refractivity (Wildman–Crippen MR) is 35.1 cm³/mol. The number of Topliss-reactive ketones (excluding diaryl/α,β-unsaturated/α-hetero) is 1. The van der Waals surface area contributed by atoms with Crippen LogP contribution in [0.4, 0.5) is 0 Å². The largest absolute Gasteiger partial charge is 0.299 e. The fraction of sp³-hybridized carbons (Fsp3) is 0.429. The van der Waals surface area contributed by atoms with Crippen molar-refractivity contribution >= 4 is 12.1 Å². The summed E-state index contributed by atoms with van der Waals surface area (Å²) < 4.78 is 0.